The first-order chi connectivity index (χ1) is 8.09. The monoisotopic (exact) mass is 232 g/mol. The van der Waals surface area contributed by atoms with Crippen molar-refractivity contribution in [2.75, 3.05) is 5.73 Å². The lowest BCUT2D eigenvalue weighted by molar-refractivity contribution is -0.136. The van der Waals surface area contributed by atoms with Crippen molar-refractivity contribution < 1.29 is 9.90 Å². The molecule has 0 radical (unpaired) electrons. The van der Waals surface area contributed by atoms with Gasteiger partial charge in [-0.05, 0) is 12.1 Å². The van der Waals surface area contributed by atoms with Crippen molar-refractivity contribution in [3.63, 3.8) is 0 Å². The Morgan fingerprint density at radius 1 is 1.59 bits per heavy atom. The average molecular weight is 232 g/mol. The fourth-order valence-corrected chi connectivity index (χ4v) is 1.64. The molecule has 0 atom stereocenters. The molecule has 2 aromatic rings. The molecule has 0 bridgehead atoms. The van der Waals surface area contributed by atoms with Gasteiger partial charge >= 0.3 is 5.97 Å². The Morgan fingerprint density at radius 3 is 2.94 bits per heavy atom. The molecule has 2 aromatic heterocycles. The molecule has 0 fully saturated rings. The van der Waals surface area contributed by atoms with Gasteiger partial charge in [0.25, 0.3) is 0 Å². The van der Waals surface area contributed by atoms with E-state index in [1.165, 1.54) is 4.68 Å². The summed E-state index contributed by atoms with van der Waals surface area (Å²) in [7, 11) is 1.68. The number of nitrogens with zero attached hydrogens (tertiary/aromatic N) is 3. The Balaban J connectivity index is 2.54. The van der Waals surface area contributed by atoms with Gasteiger partial charge in [-0.15, -0.1) is 0 Å². The van der Waals surface area contributed by atoms with E-state index in [2.05, 4.69) is 10.1 Å². The maximum absolute atomic E-state index is 10.8. The summed E-state index contributed by atoms with van der Waals surface area (Å²) in [6.07, 6.45) is 3.13. The summed E-state index contributed by atoms with van der Waals surface area (Å²) in [5.74, 6) is -0.568. The van der Waals surface area contributed by atoms with E-state index in [9.17, 15) is 4.79 Å². The van der Waals surface area contributed by atoms with Gasteiger partial charge in [0.1, 0.15) is 5.82 Å². The lowest BCUT2D eigenvalue weighted by atomic mass is 10.1. The predicted octanol–water partition coefficient (Wildman–Crippen LogP) is 0.691. The number of rotatable bonds is 3. The second-order valence-electron chi connectivity index (χ2n) is 3.65. The van der Waals surface area contributed by atoms with Crippen LogP contribution in [0.15, 0.2) is 24.5 Å². The van der Waals surface area contributed by atoms with Crippen LogP contribution in [0.1, 0.15) is 5.56 Å². The summed E-state index contributed by atoms with van der Waals surface area (Å²) >= 11 is 0. The highest BCUT2D eigenvalue weighted by Crippen LogP contribution is 2.26. The third-order valence-corrected chi connectivity index (χ3v) is 2.46. The lowest BCUT2D eigenvalue weighted by Crippen LogP contribution is -2.04. The summed E-state index contributed by atoms with van der Waals surface area (Å²) in [4.78, 5) is 14.8. The molecule has 3 N–H and O–H groups in total. The topological polar surface area (TPSA) is 94.0 Å². The number of anilines is 1. The predicted molar refractivity (Wildman–Crippen MR) is 62.2 cm³/mol. The fourth-order valence-electron chi connectivity index (χ4n) is 1.64. The standard InChI is InChI=1S/C11H12N4O2/c1-15-11(12)8(5-9(16)17)10(14-15)7-3-2-4-13-6-7/h2-4,6H,5,12H2,1H3,(H,16,17). The van der Waals surface area contributed by atoms with Gasteiger partial charge in [-0.3, -0.25) is 14.5 Å². The molecule has 0 saturated heterocycles. The van der Waals surface area contributed by atoms with Crippen molar-refractivity contribution in [3.05, 3.63) is 30.1 Å². The van der Waals surface area contributed by atoms with Crippen molar-refractivity contribution >= 4 is 11.8 Å². The molecule has 17 heavy (non-hydrogen) atoms. The third kappa shape index (κ3) is 2.10. The Bertz CT molecular complexity index is 548. The van der Waals surface area contributed by atoms with Crippen LogP contribution in [-0.4, -0.2) is 25.8 Å². The average Bonchev–Trinajstić information content (AvgIpc) is 2.58. The number of aryl methyl sites for hydroxylation is 1. The Morgan fingerprint density at radius 2 is 2.35 bits per heavy atom. The molecule has 0 aliphatic carbocycles. The first kappa shape index (κ1) is 11.1. The van der Waals surface area contributed by atoms with Crippen molar-refractivity contribution in [1.82, 2.24) is 14.8 Å². The number of aromatic nitrogens is 3. The van der Waals surface area contributed by atoms with Crippen LogP contribution in [0, 0.1) is 0 Å². The van der Waals surface area contributed by atoms with Crippen molar-refractivity contribution in [2.24, 2.45) is 7.05 Å². The Kier molecular flexibility index (Phi) is 2.78. The van der Waals surface area contributed by atoms with Crippen LogP contribution in [0.4, 0.5) is 5.82 Å². The van der Waals surface area contributed by atoms with Crippen LogP contribution in [0.25, 0.3) is 11.3 Å². The maximum atomic E-state index is 10.8. The largest absolute Gasteiger partial charge is 0.481 e. The van der Waals surface area contributed by atoms with E-state index in [1.807, 2.05) is 6.07 Å². The molecule has 0 saturated carbocycles. The van der Waals surface area contributed by atoms with Crippen LogP contribution in [0.5, 0.6) is 0 Å². The highest BCUT2D eigenvalue weighted by molar-refractivity contribution is 5.78. The van der Waals surface area contributed by atoms with E-state index in [4.69, 9.17) is 10.8 Å². The van der Waals surface area contributed by atoms with E-state index in [0.717, 1.165) is 5.56 Å². The molecular formula is C11H12N4O2. The minimum absolute atomic E-state index is 0.149. The molecule has 88 valence electrons. The van der Waals surface area contributed by atoms with E-state index in [1.54, 1.807) is 25.5 Å². The normalized spacial score (nSPS) is 10.4. The Labute approximate surface area is 97.7 Å². The van der Waals surface area contributed by atoms with Crippen LogP contribution in [0.2, 0.25) is 0 Å². The van der Waals surface area contributed by atoms with Gasteiger partial charge in [-0.2, -0.15) is 5.10 Å². The van der Waals surface area contributed by atoms with Gasteiger partial charge in [0, 0.05) is 30.6 Å². The van der Waals surface area contributed by atoms with Gasteiger partial charge in [0.15, 0.2) is 0 Å². The van der Waals surface area contributed by atoms with E-state index in [-0.39, 0.29) is 6.42 Å². The van der Waals surface area contributed by atoms with Gasteiger partial charge < -0.3 is 10.8 Å². The number of aliphatic carboxylic acids is 1. The van der Waals surface area contributed by atoms with Crippen molar-refractivity contribution in [2.45, 2.75) is 6.42 Å². The second-order valence-corrected chi connectivity index (χ2v) is 3.65. The number of nitrogen functional groups attached to an aromatic ring is 1. The van der Waals surface area contributed by atoms with Crippen molar-refractivity contribution in [3.8, 4) is 11.3 Å². The smallest absolute Gasteiger partial charge is 0.308 e. The number of carboxylic acid groups (broad SMARTS) is 1. The van der Waals surface area contributed by atoms with Gasteiger partial charge in [-0.1, -0.05) is 0 Å². The highest BCUT2D eigenvalue weighted by Gasteiger charge is 2.17. The number of hydrogen-bond acceptors (Lipinski definition) is 4. The van der Waals surface area contributed by atoms with Crippen LogP contribution >= 0.6 is 0 Å². The summed E-state index contributed by atoms with van der Waals surface area (Å²) in [6.45, 7) is 0. The van der Waals surface area contributed by atoms with Crippen LogP contribution < -0.4 is 5.73 Å². The van der Waals surface area contributed by atoms with Crippen LogP contribution in [0.3, 0.4) is 0 Å². The molecular weight excluding hydrogens is 220 g/mol. The molecule has 2 rings (SSSR count). The summed E-state index contributed by atoms with van der Waals surface area (Å²) in [5.41, 5.74) is 7.66. The molecule has 6 nitrogen and oxygen atoms in total. The third-order valence-electron chi connectivity index (χ3n) is 2.46. The van der Waals surface area contributed by atoms with Gasteiger partial charge in [0.2, 0.25) is 0 Å². The number of hydrogen-bond donors (Lipinski definition) is 2. The molecule has 0 unspecified atom stereocenters. The minimum atomic E-state index is -0.935. The zero-order valence-corrected chi connectivity index (χ0v) is 9.29. The molecule has 6 heteroatoms. The molecule has 0 aromatic carbocycles. The molecule has 0 spiro atoms. The molecule has 2 heterocycles. The van der Waals surface area contributed by atoms with Gasteiger partial charge in [-0.25, -0.2) is 0 Å². The SMILES string of the molecule is Cn1nc(-c2cccnc2)c(CC(=O)O)c1N. The maximum Gasteiger partial charge on any atom is 0.308 e. The lowest BCUT2D eigenvalue weighted by Gasteiger charge is -2.00. The zero-order chi connectivity index (χ0) is 12.4. The number of nitrogens with two attached hydrogens (primary N) is 1. The first-order valence-corrected chi connectivity index (χ1v) is 5.03. The number of pyridine rings is 1. The summed E-state index contributed by atoms with van der Waals surface area (Å²) in [6, 6.07) is 3.59. The summed E-state index contributed by atoms with van der Waals surface area (Å²) < 4.78 is 1.47. The quantitative estimate of drug-likeness (QED) is 0.812. The fraction of sp³-hybridized carbons (Fsp3) is 0.182. The molecule has 0 aliphatic heterocycles. The van der Waals surface area contributed by atoms with E-state index >= 15 is 0 Å². The Hall–Kier alpha value is -2.37. The van der Waals surface area contributed by atoms with E-state index in [0.29, 0.717) is 17.1 Å². The number of carbonyl (C=O) groups is 1. The second kappa shape index (κ2) is 4.25. The van der Waals surface area contributed by atoms with Gasteiger partial charge in [0.05, 0.1) is 12.1 Å². The highest BCUT2D eigenvalue weighted by atomic mass is 16.4. The molecule has 0 amide bonds. The summed E-state index contributed by atoms with van der Waals surface area (Å²) in [5, 5.41) is 13.1. The van der Waals surface area contributed by atoms with Crippen LogP contribution in [-0.2, 0) is 18.3 Å². The first-order valence-electron chi connectivity index (χ1n) is 5.03. The number of carboxylic acids is 1. The minimum Gasteiger partial charge on any atom is -0.481 e. The zero-order valence-electron chi connectivity index (χ0n) is 9.29. The van der Waals surface area contributed by atoms with Crippen molar-refractivity contribution in [1.29, 1.82) is 0 Å². The molecule has 0 aliphatic rings. The van der Waals surface area contributed by atoms with E-state index < -0.39 is 5.97 Å².